The van der Waals surface area contributed by atoms with Crippen molar-refractivity contribution in [1.29, 1.82) is 0 Å². The lowest BCUT2D eigenvalue weighted by molar-refractivity contribution is -0.744. The minimum atomic E-state index is 0.876. The highest BCUT2D eigenvalue weighted by atomic mass is 79.9. The molecule has 0 aliphatic rings. The molecule has 0 aliphatic carbocycles. The Morgan fingerprint density at radius 2 is 2.19 bits per heavy atom. The molecule has 0 amide bonds. The van der Waals surface area contributed by atoms with Crippen molar-refractivity contribution in [2.24, 2.45) is 0 Å². The summed E-state index contributed by atoms with van der Waals surface area (Å²) in [4.78, 5) is 0. The Morgan fingerprint density at radius 1 is 1.38 bits per heavy atom. The Kier molecular flexibility index (Phi) is 3.66. The number of hydrogen-bond donors (Lipinski definition) is 1. The van der Waals surface area contributed by atoms with Gasteiger partial charge in [0.15, 0.2) is 5.21 Å². The van der Waals surface area contributed by atoms with Gasteiger partial charge < -0.3 is 0 Å². The summed E-state index contributed by atoms with van der Waals surface area (Å²) in [5, 5.41) is 10.9. The van der Waals surface area contributed by atoms with E-state index in [0.29, 0.717) is 0 Å². The molecule has 0 radical (unpaired) electrons. The van der Waals surface area contributed by atoms with Crippen molar-refractivity contribution in [3.63, 3.8) is 0 Å². The van der Waals surface area contributed by atoms with Crippen LogP contribution in [0.2, 0.25) is 0 Å². The van der Waals surface area contributed by atoms with Gasteiger partial charge in [-0.15, -0.1) is 0 Å². The molecule has 0 saturated carbocycles. The fourth-order valence-corrected chi connectivity index (χ4v) is 2.00. The van der Waals surface area contributed by atoms with E-state index in [0.717, 1.165) is 35.2 Å². The van der Waals surface area contributed by atoms with Crippen LogP contribution in [0.1, 0.15) is 19.8 Å². The van der Waals surface area contributed by atoms with Gasteiger partial charge >= 0.3 is 5.82 Å². The van der Waals surface area contributed by atoms with Crippen LogP contribution in [-0.2, 0) is 6.54 Å². The zero-order chi connectivity index (χ0) is 11.4. The van der Waals surface area contributed by atoms with Gasteiger partial charge in [-0.25, -0.2) is 0 Å². The standard InChI is InChI=1S/C11H13BrN4/c1-2-3-8-16-11(13-14-15-16)9-6-4-5-7-10(9)12/h4-7H,2-3,8H2,1H3/p+1. The predicted molar refractivity (Wildman–Crippen MR) is 64.6 cm³/mol. The molecule has 0 atom stereocenters. The Morgan fingerprint density at radius 3 is 2.94 bits per heavy atom. The number of hydrogen-bond acceptors (Lipinski definition) is 2. The second-order valence-electron chi connectivity index (χ2n) is 3.61. The van der Waals surface area contributed by atoms with Crippen molar-refractivity contribution < 1.29 is 4.68 Å². The van der Waals surface area contributed by atoms with Crippen LogP contribution in [0, 0.1) is 0 Å². The molecule has 16 heavy (non-hydrogen) atoms. The van der Waals surface area contributed by atoms with E-state index in [9.17, 15) is 0 Å². The highest BCUT2D eigenvalue weighted by Gasteiger charge is 2.18. The third kappa shape index (κ3) is 2.29. The number of tetrazole rings is 1. The molecule has 2 aromatic rings. The first-order valence-corrected chi connectivity index (χ1v) is 6.18. The quantitative estimate of drug-likeness (QED) is 0.875. The number of benzene rings is 1. The van der Waals surface area contributed by atoms with E-state index in [1.54, 1.807) is 0 Å². The van der Waals surface area contributed by atoms with E-state index in [1.165, 1.54) is 0 Å². The molecule has 1 aromatic heterocycles. The average Bonchev–Trinajstić information content (AvgIpc) is 2.75. The van der Waals surface area contributed by atoms with Gasteiger partial charge in [-0.05, 0) is 34.5 Å². The Bertz CT molecular complexity index is 467. The van der Waals surface area contributed by atoms with Crippen molar-refractivity contribution in [3.8, 4) is 11.4 Å². The number of nitrogens with one attached hydrogen (secondary N) is 1. The lowest BCUT2D eigenvalue weighted by Crippen LogP contribution is -2.38. The SMILES string of the molecule is CCCC[n+]1[nH]nnc1-c1ccccc1Br. The fourth-order valence-electron chi connectivity index (χ4n) is 1.54. The zero-order valence-electron chi connectivity index (χ0n) is 9.15. The molecule has 1 aromatic carbocycles. The summed E-state index contributed by atoms with van der Waals surface area (Å²) in [5.74, 6) is 0.876. The third-order valence-electron chi connectivity index (χ3n) is 2.42. The van der Waals surface area contributed by atoms with Gasteiger partial charge in [0.1, 0.15) is 5.10 Å². The first kappa shape index (κ1) is 11.3. The predicted octanol–water partition coefficient (Wildman–Crippen LogP) is 2.32. The number of aromatic nitrogens is 4. The molecule has 4 nitrogen and oxygen atoms in total. The summed E-state index contributed by atoms with van der Waals surface area (Å²) < 4.78 is 3.01. The minimum Gasteiger partial charge on any atom is -0.158 e. The number of aryl methyl sites for hydroxylation is 1. The maximum absolute atomic E-state index is 4.13. The van der Waals surface area contributed by atoms with Crippen molar-refractivity contribution in [1.82, 2.24) is 15.5 Å². The van der Waals surface area contributed by atoms with E-state index in [4.69, 9.17) is 0 Å². The van der Waals surface area contributed by atoms with Crippen LogP contribution in [0.4, 0.5) is 0 Å². The second-order valence-corrected chi connectivity index (χ2v) is 4.46. The number of halogens is 1. The Hall–Kier alpha value is -1.23. The van der Waals surface area contributed by atoms with E-state index in [2.05, 4.69) is 38.4 Å². The monoisotopic (exact) mass is 281 g/mol. The van der Waals surface area contributed by atoms with Gasteiger partial charge in [0.2, 0.25) is 0 Å². The van der Waals surface area contributed by atoms with Crippen LogP contribution in [0.25, 0.3) is 11.4 Å². The van der Waals surface area contributed by atoms with E-state index < -0.39 is 0 Å². The van der Waals surface area contributed by atoms with Gasteiger partial charge in [0.05, 0.1) is 12.1 Å². The second kappa shape index (κ2) is 5.21. The Balaban J connectivity index is 2.33. The first-order valence-electron chi connectivity index (χ1n) is 5.38. The third-order valence-corrected chi connectivity index (χ3v) is 3.11. The topological polar surface area (TPSA) is 45.5 Å². The molecular weight excluding hydrogens is 268 g/mol. The number of aromatic amines is 1. The zero-order valence-corrected chi connectivity index (χ0v) is 10.7. The number of nitrogens with zero attached hydrogens (tertiary/aromatic N) is 3. The molecule has 1 heterocycles. The molecule has 1 N–H and O–H groups in total. The molecular formula is C11H14BrN4+. The van der Waals surface area contributed by atoms with Crippen molar-refractivity contribution in [2.75, 3.05) is 0 Å². The smallest absolute Gasteiger partial charge is 0.158 e. The largest absolute Gasteiger partial charge is 0.333 e. The van der Waals surface area contributed by atoms with Gasteiger partial charge in [0.25, 0.3) is 0 Å². The Labute approximate surface area is 103 Å². The molecule has 5 heteroatoms. The number of H-pyrrole nitrogens is 1. The van der Waals surface area contributed by atoms with E-state index >= 15 is 0 Å². The minimum absolute atomic E-state index is 0.876. The molecule has 0 aliphatic heterocycles. The average molecular weight is 282 g/mol. The van der Waals surface area contributed by atoms with Crippen LogP contribution < -0.4 is 4.68 Å². The summed E-state index contributed by atoms with van der Waals surface area (Å²) in [6.45, 7) is 3.09. The molecule has 0 spiro atoms. The maximum Gasteiger partial charge on any atom is 0.333 e. The molecule has 0 unspecified atom stereocenters. The molecule has 2 rings (SSSR count). The highest BCUT2D eigenvalue weighted by molar-refractivity contribution is 9.10. The number of rotatable bonds is 4. The highest BCUT2D eigenvalue weighted by Crippen LogP contribution is 2.23. The number of unbranched alkanes of at least 4 members (excludes halogenated alkanes) is 1. The van der Waals surface area contributed by atoms with Crippen LogP contribution in [0.3, 0.4) is 0 Å². The molecule has 84 valence electrons. The van der Waals surface area contributed by atoms with Crippen molar-refractivity contribution in [3.05, 3.63) is 28.7 Å². The van der Waals surface area contributed by atoms with Crippen LogP contribution in [0.15, 0.2) is 28.7 Å². The van der Waals surface area contributed by atoms with E-state index in [1.807, 2.05) is 28.9 Å². The van der Waals surface area contributed by atoms with Crippen LogP contribution >= 0.6 is 15.9 Å². The van der Waals surface area contributed by atoms with Gasteiger partial charge in [0, 0.05) is 4.47 Å². The summed E-state index contributed by atoms with van der Waals surface area (Å²) in [6, 6.07) is 8.03. The maximum atomic E-state index is 4.13. The molecule has 0 saturated heterocycles. The lowest BCUT2D eigenvalue weighted by atomic mass is 10.2. The summed E-state index contributed by atoms with van der Waals surface area (Å²) in [5.41, 5.74) is 1.06. The summed E-state index contributed by atoms with van der Waals surface area (Å²) in [7, 11) is 0. The van der Waals surface area contributed by atoms with Crippen LogP contribution in [0.5, 0.6) is 0 Å². The van der Waals surface area contributed by atoms with Gasteiger partial charge in [-0.2, -0.15) is 4.68 Å². The summed E-state index contributed by atoms with van der Waals surface area (Å²) >= 11 is 3.53. The van der Waals surface area contributed by atoms with Crippen molar-refractivity contribution in [2.45, 2.75) is 26.3 Å². The van der Waals surface area contributed by atoms with E-state index in [-0.39, 0.29) is 0 Å². The van der Waals surface area contributed by atoms with Crippen molar-refractivity contribution >= 4 is 15.9 Å². The van der Waals surface area contributed by atoms with Crippen LogP contribution in [-0.4, -0.2) is 15.5 Å². The first-order chi connectivity index (χ1) is 7.83. The molecule has 0 bridgehead atoms. The lowest BCUT2D eigenvalue weighted by Gasteiger charge is -1.99. The molecule has 0 fully saturated rings. The fraction of sp³-hybridized carbons (Fsp3) is 0.364. The van der Waals surface area contributed by atoms with Gasteiger partial charge in [-0.1, -0.05) is 30.7 Å². The van der Waals surface area contributed by atoms with Gasteiger partial charge in [-0.3, -0.25) is 0 Å². The normalized spacial score (nSPS) is 10.6. The summed E-state index contributed by atoms with van der Waals surface area (Å²) in [6.07, 6.45) is 2.27.